The molecule has 0 saturated heterocycles. The van der Waals surface area contributed by atoms with Crippen LogP contribution in [-0.4, -0.2) is 23.1 Å². The molecule has 0 radical (unpaired) electrons. The topological polar surface area (TPSA) is 29.5 Å². The zero-order valence-electron chi connectivity index (χ0n) is 12.2. The van der Waals surface area contributed by atoms with Crippen LogP contribution in [0.15, 0.2) is 18.2 Å². The standard InChI is InChI=1S/C15H23NO2/c1-10(2)16(11(3)4)15(17)18-14-8-7-12(5)9-13(14)6/h7-11H,1-6H3. The third kappa shape index (κ3) is 3.49. The van der Waals surface area contributed by atoms with Crippen LogP contribution in [0.25, 0.3) is 0 Å². The minimum atomic E-state index is -0.285. The molecule has 0 aliphatic carbocycles. The van der Waals surface area contributed by atoms with Crippen LogP contribution in [0.1, 0.15) is 38.8 Å². The van der Waals surface area contributed by atoms with E-state index in [-0.39, 0.29) is 18.2 Å². The van der Waals surface area contributed by atoms with Crippen molar-refractivity contribution in [1.82, 2.24) is 4.90 Å². The molecule has 0 bridgehead atoms. The number of carbonyl (C=O) groups excluding carboxylic acids is 1. The van der Waals surface area contributed by atoms with Crippen LogP contribution in [0.4, 0.5) is 4.79 Å². The molecule has 1 rings (SSSR count). The Balaban J connectivity index is 2.86. The summed E-state index contributed by atoms with van der Waals surface area (Å²) in [5.41, 5.74) is 2.15. The number of aryl methyl sites for hydroxylation is 2. The van der Waals surface area contributed by atoms with E-state index in [0.717, 1.165) is 11.1 Å². The van der Waals surface area contributed by atoms with Crippen molar-refractivity contribution >= 4 is 6.09 Å². The Hall–Kier alpha value is -1.51. The van der Waals surface area contributed by atoms with Gasteiger partial charge in [-0.2, -0.15) is 0 Å². The zero-order chi connectivity index (χ0) is 13.9. The fraction of sp³-hybridized carbons (Fsp3) is 0.533. The number of carbonyl (C=O) groups is 1. The summed E-state index contributed by atoms with van der Waals surface area (Å²) in [5.74, 6) is 0.636. The van der Waals surface area contributed by atoms with Gasteiger partial charge in [-0.3, -0.25) is 0 Å². The lowest BCUT2D eigenvalue weighted by atomic mass is 10.1. The van der Waals surface area contributed by atoms with Gasteiger partial charge >= 0.3 is 6.09 Å². The summed E-state index contributed by atoms with van der Waals surface area (Å²) in [6, 6.07) is 6.07. The van der Waals surface area contributed by atoms with E-state index in [1.807, 2.05) is 59.7 Å². The van der Waals surface area contributed by atoms with Crippen molar-refractivity contribution in [2.75, 3.05) is 0 Å². The van der Waals surface area contributed by atoms with Gasteiger partial charge in [-0.15, -0.1) is 0 Å². The molecular formula is C15H23NO2. The normalized spacial score (nSPS) is 10.9. The lowest BCUT2D eigenvalue weighted by Crippen LogP contribution is -2.43. The van der Waals surface area contributed by atoms with Gasteiger partial charge in [0, 0.05) is 12.1 Å². The predicted octanol–water partition coefficient (Wildman–Crippen LogP) is 3.92. The Morgan fingerprint density at radius 2 is 1.67 bits per heavy atom. The molecule has 1 aromatic rings. The molecule has 0 aromatic heterocycles. The maximum absolute atomic E-state index is 12.1. The van der Waals surface area contributed by atoms with Gasteiger partial charge in [0.1, 0.15) is 5.75 Å². The average Bonchev–Trinajstić information content (AvgIpc) is 2.21. The van der Waals surface area contributed by atoms with E-state index in [1.165, 1.54) is 0 Å². The van der Waals surface area contributed by atoms with Crippen molar-refractivity contribution < 1.29 is 9.53 Å². The maximum Gasteiger partial charge on any atom is 0.415 e. The van der Waals surface area contributed by atoms with Crippen molar-refractivity contribution in [3.05, 3.63) is 29.3 Å². The first-order valence-electron chi connectivity index (χ1n) is 6.40. The third-order valence-electron chi connectivity index (χ3n) is 2.85. The van der Waals surface area contributed by atoms with E-state index >= 15 is 0 Å². The molecule has 0 saturated carbocycles. The van der Waals surface area contributed by atoms with Crippen molar-refractivity contribution in [1.29, 1.82) is 0 Å². The smallest absolute Gasteiger partial charge is 0.410 e. The van der Waals surface area contributed by atoms with Gasteiger partial charge in [-0.25, -0.2) is 4.79 Å². The quantitative estimate of drug-likeness (QED) is 0.812. The number of nitrogens with zero attached hydrogens (tertiary/aromatic N) is 1. The first kappa shape index (κ1) is 14.6. The molecule has 3 heteroatoms. The third-order valence-corrected chi connectivity index (χ3v) is 2.85. The number of hydrogen-bond donors (Lipinski definition) is 0. The van der Waals surface area contributed by atoms with Gasteiger partial charge in [-0.05, 0) is 53.2 Å². The highest BCUT2D eigenvalue weighted by Crippen LogP contribution is 2.20. The van der Waals surface area contributed by atoms with Crippen LogP contribution in [0, 0.1) is 13.8 Å². The molecule has 0 unspecified atom stereocenters. The molecule has 0 aliphatic heterocycles. The number of rotatable bonds is 3. The maximum atomic E-state index is 12.1. The molecular weight excluding hydrogens is 226 g/mol. The van der Waals surface area contributed by atoms with E-state index in [1.54, 1.807) is 4.90 Å². The molecule has 100 valence electrons. The number of hydrogen-bond acceptors (Lipinski definition) is 2. The van der Waals surface area contributed by atoms with E-state index in [9.17, 15) is 4.79 Å². The summed E-state index contributed by atoms with van der Waals surface area (Å²) < 4.78 is 5.47. The summed E-state index contributed by atoms with van der Waals surface area (Å²) in [5, 5.41) is 0. The number of benzene rings is 1. The second-order valence-electron chi connectivity index (χ2n) is 5.23. The Labute approximate surface area is 110 Å². The van der Waals surface area contributed by atoms with Crippen LogP contribution in [0.5, 0.6) is 5.75 Å². The Kier molecular flexibility index (Phi) is 4.76. The van der Waals surface area contributed by atoms with E-state index in [2.05, 4.69) is 0 Å². The number of amides is 1. The van der Waals surface area contributed by atoms with Crippen molar-refractivity contribution in [3.8, 4) is 5.75 Å². The molecule has 0 fully saturated rings. The summed E-state index contributed by atoms with van der Waals surface area (Å²) >= 11 is 0. The van der Waals surface area contributed by atoms with Crippen LogP contribution in [-0.2, 0) is 0 Å². The van der Waals surface area contributed by atoms with Crippen LogP contribution in [0.2, 0.25) is 0 Å². The summed E-state index contributed by atoms with van der Waals surface area (Å²) in [4.78, 5) is 13.9. The van der Waals surface area contributed by atoms with Crippen LogP contribution < -0.4 is 4.74 Å². The molecule has 0 aliphatic rings. The lowest BCUT2D eigenvalue weighted by Gasteiger charge is -2.29. The van der Waals surface area contributed by atoms with Crippen LogP contribution >= 0.6 is 0 Å². The molecule has 3 nitrogen and oxygen atoms in total. The molecule has 18 heavy (non-hydrogen) atoms. The fourth-order valence-corrected chi connectivity index (χ4v) is 2.08. The molecule has 0 spiro atoms. The lowest BCUT2D eigenvalue weighted by molar-refractivity contribution is 0.122. The van der Waals surface area contributed by atoms with E-state index in [0.29, 0.717) is 5.75 Å². The van der Waals surface area contributed by atoms with Crippen molar-refractivity contribution in [3.63, 3.8) is 0 Å². The van der Waals surface area contributed by atoms with Crippen molar-refractivity contribution in [2.45, 2.75) is 53.6 Å². The summed E-state index contributed by atoms with van der Waals surface area (Å²) in [7, 11) is 0. The first-order chi connectivity index (χ1) is 8.32. The van der Waals surface area contributed by atoms with E-state index in [4.69, 9.17) is 4.74 Å². The minimum Gasteiger partial charge on any atom is -0.410 e. The Morgan fingerprint density at radius 1 is 1.11 bits per heavy atom. The summed E-state index contributed by atoms with van der Waals surface area (Å²) in [6.07, 6.45) is -0.285. The monoisotopic (exact) mass is 249 g/mol. The molecule has 1 aromatic carbocycles. The molecule has 0 heterocycles. The second kappa shape index (κ2) is 5.89. The first-order valence-corrected chi connectivity index (χ1v) is 6.40. The Bertz CT molecular complexity index is 417. The minimum absolute atomic E-state index is 0.128. The molecule has 0 N–H and O–H groups in total. The summed E-state index contributed by atoms with van der Waals surface area (Å²) in [6.45, 7) is 11.9. The van der Waals surface area contributed by atoms with E-state index < -0.39 is 0 Å². The largest absolute Gasteiger partial charge is 0.415 e. The zero-order valence-corrected chi connectivity index (χ0v) is 12.2. The van der Waals surface area contributed by atoms with Crippen molar-refractivity contribution in [2.24, 2.45) is 0 Å². The van der Waals surface area contributed by atoms with Gasteiger partial charge in [0.15, 0.2) is 0 Å². The van der Waals surface area contributed by atoms with Crippen LogP contribution in [0.3, 0.4) is 0 Å². The Morgan fingerprint density at radius 3 is 2.11 bits per heavy atom. The van der Waals surface area contributed by atoms with Gasteiger partial charge in [0.2, 0.25) is 0 Å². The molecule has 1 amide bonds. The second-order valence-corrected chi connectivity index (χ2v) is 5.23. The highest BCUT2D eigenvalue weighted by Gasteiger charge is 2.22. The number of ether oxygens (including phenoxy) is 1. The van der Waals surface area contributed by atoms with Gasteiger partial charge in [0.05, 0.1) is 0 Å². The predicted molar refractivity (Wildman–Crippen MR) is 74.1 cm³/mol. The van der Waals surface area contributed by atoms with Gasteiger partial charge in [0.25, 0.3) is 0 Å². The SMILES string of the molecule is Cc1ccc(OC(=O)N(C(C)C)C(C)C)c(C)c1. The molecule has 0 atom stereocenters. The van der Waals surface area contributed by atoms with Gasteiger partial charge in [-0.1, -0.05) is 17.7 Å². The fourth-order valence-electron chi connectivity index (χ4n) is 2.08. The average molecular weight is 249 g/mol. The van der Waals surface area contributed by atoms with Gasteiger partial charge < -0.3 is 9.64 Å². The highest BCUT2D eigenvalue weighted by molar-refractivity contribution is 5.71. The highest BCUT2D eigenvalue weighted by atomic mass is 16.6.